The molecule has 0 aromatic heterocycles. The van der Waals surface area contributed by atoms with Gasteiger partial charge in [-0.05, 0) is 36.8 Å². The number of anilines is 1. The molecule has 1 atom stereocenters. The van der Waals surface area contributed by atoms with E-state index in [1.165, 1.54) is 36.4 Å². The lowest BCUT2D eigenvalue weighted by molar-refractivity contribution is 0.432. The topological polar surface area (TPSA) is 72.7 Å². The number of aromatic hydroxyl groups is 3. The van der Waals surface area contributed by atoms with Crippen LogP contribution in [0.3, 0.4) is 0 Å². The Bertz CT molecular complexity index is 581. The standard InChI is InChI=1S/C14H14FNO3/c1-8(9-4-11(17)7-12(18)5-9)16-10-2-3-14(19)13(15)6-10/h2-8,16-19H,1H3. The third-order valence-electron chi connectivity index (χ3n) is 2.76. The average Bonchev–Trinajstić information content (AvgIpc) is 2.32. The molecule has 0 heterocycles. The minimum absolute atomic E-state index is 0.0412. The first kappa shape index (κ1) is 13.0. The molecule has 0 fully saturated rings. The summed E-state index contributed by atoms with van der Waals surface area (Å²) in [5, 5.41) is 30.9. The van der Waals surface area contributed by atoms with Gasteiger partial charge in [0.2, 0.25) is 0 Å². The van der Waals surface area contributed by atoms with Crippen molar-refractivity contribution >= 4 is 5.69 Å². The van der Waals surface area contributed by atoms with Crippen LogP contribution in [0.15, 0.2) is 36.4 Å². The molecule has 4 nitrogen and oxygen atoms in total. The van der Waals surface area contributed by atoms with Gasteiger partial charge in [-0.15, -0.1) is 0 Å². The van der Waals surface area contributed by atoms with E-state index >= 15 is 0 Å². The molecule has 0 radical (unpaired) electrons. The molecule has 2 aromatic carbocycles. The molecule has 0 amide bonds. The number of phenols is 3. The van der Waals surface area contributed by atoms with E-state index in [4.69, 9.17) is 5.11 Å². The first-order chi connectivity index (χ1) is 8.95. The van der Waals surface area contributed by atoms with Crippen LogP contribution >= 0.6 is 0 Å². The molecule has 2 rings (SSSR count). The monoisotopic (exact) mass is 263 g/mol. The van der Waals surface area contributed by atoms with Crippen molar-refractivity contribution < 1.29 is 19.7 Å². The minimum Gasteiger partial charge on any atom is -0.508 e. The highest BCUT2D eigenvalue weighted by atomic mass is 19.1. The zero-order valence-corrected chi connectivity index (χ0v) is 10.3. The molecule has 0 saturated carbocycles. The SMILES string of the molecule is CC(Nc1ccc(O)c(F)c1)c1cc(O)cc(O)c1. The van der Waals surface area contributed by atoms with E-state index in [2.05, 4.69) is 5.32 Å². The summed E-state index contributed by atoms with van der Waals surface area (Å²) in [6.45, 7) is 1.80. The first-order valence-corrected chi connectivity index (χ1v) is 5.73. The summed E-state index contributed by atoms with van der Waals surface area (Å²) in [6, 6.07) is 7.97. The van der Waals surface area contributed by atoms with Crippen molar-refractivity contribution in [3.8, 4) is 17.2 Å². The number of phenolic OH excluding ortho intramolecular Hbond substituents is 3. The van der Waals surface area contributed by atoms with Gasteiger partial charge < -0.3 is 20.6 Å². The zero-order valence-electron chi connectivity index (χ0n) is 10.3. The summed E-state index contributed by atoms with van der Waals surface area (Å²) >= 11 is 0. The molecule has 100 valence electrons. The van der Waals surface area contributed by atoms with Gasteiger partial charge in [0.15, 0.2) is 11.6 Å². The number of halogens is 1. The van der Waals surface area contributed by atoms with Crippen LogP contribution in [0, 0.1) is 5.82 Å². The van der Waals surface area contributed by atoms with Crippen LogP contribution in [0.1, 0.15) is 18.5 Å². The van der Waals surface area contributed by atoms with Crippen molar-refractivity contribution in [1.82, 2.24) is 0 Å². The Morgan fingerprint density at radius 3 is 2.21 bits per heavy atom. The molecule has 4 N–H and O–H groups in total. The Morgan fingerprint density at radius 2 is 1.63 bits per heavy atom. The van der Waals surface area contributed by atoms with Gasteiger partial charge in [-0.2, -0.15) is 0 Å². The molecule has 0 aliphatic carbocycles. The smallest absolute Gasteiger partial charge is 0.166 e. The molecule has 0 saturated heterocycles. The summed E-state index contributed by atoms with van der Waals surface area (Å²) in [4.78, 5) is 0. The molecular weight excluding hydrogens is 249 g/mol. The molecule has 19 heavy (non-hydrogen) atoms. The lowest BCUT2D eigenvalue weighted by atomic mass is 10.1. The Balaban J connectivity index is 2.20. The Kier molecular flexibility index (Phi) is 3.46. The highest BCUT2D eigenvalue weighted by Crippen LogP contribution is 2.28. The van der Waals surface area contributed by atoms with Gasteiger partial charge in [0.1, 0.15) is 11.5 Å². The zero-order chi connectivity index (χ0) is 14.0. The highest BCUT2D eigenvalue weighted by Gasteiger charge is 2.09. The Morgan fingerprint density at radius 1 is 1.00 bits per heavy atom. The normalized spacial score (nSPS) is 12.1. The second-order valence-electron chi connectivity index (χ2n) is 4.31. The summed E-state index contributed by atoms with van der Waals surface area (Å²) in [5.74, 6) is -1.20. The molecular formula is C14H14FNO3. The Hall–Kier alpha value is -2.43. The average molecular weight is 263 g/mol. The number of hydrogen-bond acceptors (Lipinski definition) is 4. The third kappa shape index (κ3) is 3.07. The van der Waals surface area contributed by atoms with Gasteiger partial charge in [-0.1, -0.05) is 0 Å². The van der Waals surface area contributed by atoms with Crippen molar-refractivity contribution in [1.29, 1.82) is 0 Å². The maximum Gasteiger partial charge on any atom is 0.166 e. The number of nitrogens with one attached hydrogen (secondary N) is 1. The molecule has 0 bridgehead atoms. The van der Waals surface area contributed by atoms with E-state index in [1.54, 1.807) is 6.92 Å². The second-order valence-corrected chi connectivity index (χ2v) is 4.31. The maximum absolute atomic E-state index is 13.2. The van der Waals surface area contributed by atoms with Crippen molar-refractivity contribution in [2.75, 3.05) is 5.32 Å². The molecule has 0 aliphatic heterocycles. The summed E-state index contributed by atoms with van der Waals surface area (Å²) in [7, 11) is 0. The second kappa shape index (κ2) is 5.06. The van der Waals surface area contributed by atoms with E-state index in [-0.39, 0.29) is 17.5 Å². The minimum atomic E-state index is -0.712. The van der Waals surface area contributed by atoms with Crippen molar-refractivity contribution in [3.05, 3.63) is 47.8 Å². The van der Waals surface area contributed by atoms with Crippen molar-refractivity contribution in [2.45, 2.75) is 13.0 Å². The van der Waals surface area contributed by atoms with Gasteiger partial charge in [-0.25, -0.2) is 4.39 Å². The van der Waals surface area contributed by atoms with E-state index in [0.29, 0.717) is 11.3 Å². The van der Waals surface area contributed by atoms with Crippen LogP contribution in [-0.4, -0.2) is 15.3 Å². The van der Waals surface area contributed by atoms with Crippen LogP contribution in [0.5, 0.6) is 17.2 Å². The van der Waals surface area contributed by atoms with Crippen LogP contribution in [0.4, 0.5) is 10.1 Å². The predicted molar refractivity (Wildman–Crippen MR) is 69.9 cm³/mol. The summed E-state index contributed by atoms with van der Waals surface area (Å²) in [5.41, 5.74) is 1.15. The lowest BCUT2D eigenvalue weighted by Crippen LogP contribution is -2.06. The summed E-state index contributed by atoms with van der Waals surface area (Å²) < 4.78 is 13.2. The molecule has 0 spiro atoms. The largest absolute Gasteiger partial charge is 0.508 e. The Labute approximate surface area is 109 Å². The molecule has 2 aromatic rings. The quantitative estimate of drug-likeness (QED) is 0.642. The fourth-order valence-corrected chi connectivity index (χ4v) is 1.80. The lowest BCUT2D eigenvalue weighted by Gasteiger charge is -2.16. The number of hydrogen-bond donors (Lipinski definition) is 4. The predicted octanol–water partition coefficient (Wildman–Crippen LogP) is 3.12. The van der Waals surface area contributed by atoms with E-state index in [0.717, 1.165) is 0 Å². The molecule has 0 aliphatic rings. The van der Waals surface area contributed by atoms with Crippen LogP contribution < -0.4 is 5.32 Å². The fourth-order valence-electron chi connectivity index (χ4n) is 1.80. The van der Waals surface area contributed by atoms with E-state index in [9.17, 15) is 14.6 Å². The van der Waals surface area contributed by atoms with Crippen molar-refractivity contribution in [2.24, 2.45) is 0 Å². The van der Waals surface area contributed by atoms with Crippen LogP contribution in [-0.2, 0) is 0 Å². The number of rotatable bonds is 3. The third-order valence-corrected chi connectivity index (χ3v) is 2.76. The van der Waals surface area contributed by atoms with Crippen LogP contribution in [0.25, 0.3) is 0 Å². The fraction of sp³-hybridized carbons (Fsp3) is 0.143. The van der Waals surface area contributed by atoms with Crippen LogP contribution in [0.2, 0.25) is 0 Å². The van der Waals surface area contributed by atoms with Crippen molar-refractivity contribution in [3.63, 3.8) is 0 Å². The highest BCUT2D eigenvalue weighted by molar-refractivity contribution is 5.49. The molecule has 5 heteroatoms. The summed E-state index contributed by atoms with van der Waals surface area (Å²) in [6.07, 6.45) is 0. The van der Waals surface area contributed by atoms with Gasteiger partial charge >= 0.3 is 0 Å². The van der Waals surface area contributed by atoms with Gasteiger partial charge in [0.25, 0.3) is 0 Å². The van der Waals surface area contributed by atoms with Gasteiger partial charge in [0.05, 0.1) is 0 Å². The molecule has 1 unspecified atom stereocenters. The maximum atomic E-state index is 13.2. The van der Waals surface area contributed by atoms with E-state index < -0.39 is 11.6 Å². The van der Waals surface area contributed by atoms with Gasteiger partial charge in [0, 0.05) is 23.9 Å². The first-order valence-electron chi connectivity index (χ1n) is 5.73. The number of benzene rings is 2. The van der Waals surface area contributed by atoms with E-state index in [1.807, 2.05) is 0 Å². The van der Waals surface area contributed by atoms with Gasteiger partial charge in [-0.3, -0.25) is 0 Å².